The van der Waals surface area contributed by atoms with E-state index in [2.05, 4.69) is 11.9 Å². The van der Waals surface area contributed by atoms with Gasteiger partial charge in [0, 0.05) is 6.04 Å². The predicted octanol–water partition coefficient (Wildman–Crippen LogP) is 3.32. The van der Waals surface area contributed by atoms with Gasteiger partial charge in [0.05, 0.1) is 6.42 Å². The molecule has 2 heteroatoms. The van der Waals surface area contributed by atoms with Crippen LogP contribution in [0, 0.1) is 0 Å². The summed E-state index contributed by atoms with van der Waals surface area (Å²) in [5.74, 6) is 0.147. The molecule has 1 aliphatic carbocycles. The van der Waals surface area contributed by atoms with Crippen molar-refractivity contribution in [3.05, 3.63) is 42.0 Å². The fourth-order valence-electron chi connectivity index (χ4n) is 2.48. The summed E-state index contributed by atoms with van der Waals surface area (Å²) in [6.45, 7) is 3.72. The van der Waals surface area contributed by atoms with E-state index in [9.17, 15) is 4.79 Å². The van der Waals surface area contributed by atoms with Gasteiger partial charge in [-0.25, -0.2) is 0 Å². The number of carbonyl (C=O) groups excluding carboxylic acids is 1. The number of benzene rings is 1. The monoisotopic (exact) mass is 243 g/mol. The minimum atomic E-state index is 0.147. The second kappa shape index (κ2) is 6.39. The molecule has 1 amide bonds. The average Bonchev–Trinajstić information content (AvgIpc) is 2.40. The lowest BCUT2D eigenvalue weighted by molar-refractivity contribution is -0.121. The third-order valence-corrected chi connectivity index (χ3v) is 3.55. The maximum Gasteiger partial charge on any atom is 0.224 e. The molecule has 0 atom stereocenters. The number of rotatable bonds is 4. The molecule has 2 nitrogen and oxygen atoms in total. The molecule has 0 aliphatic heterocycles. The Morgan fingerprint density at radius 1 is 1.22 bits per heavy atom. The molecule has 18 heavy (non-hydrogen) atoms. The Morgan fingerprint density at radius 3 is 2.50 bits per heavy atom. The average molecular weight is 243 g/mol. The molecule has 1 aromatic carbocycles. The summed E-state index contributed by atoms with van der Waals surface area (Å²) in [6.07, 6.45) is 8.38. The standard InChI is InChI=1S/C16H21NO/c1-2-13-8-10-14(11-9-13)12-16(18)17-15-6-4-3-5-7-15/h2,8-11,15H,1,3-7,12H2,(H,17,18). The predicted molar refractivity (Wildman–Crippen MR) is 75.3 cm³/mol. The third-order valence-electron chi connectivity index (χ3n) is 3.55. The number of amides is 1. The molecule has 0 radical (unpaired) electrons. The molecule has 0 unspecified atom stereocenters. The molecular formula is C16H21NO. The summed E-state index contributed by atoms with van der Waals surface area (Å²) < 4.78 is 0. The van der Waals surface area contributed by atoms with Crippen LogP contribution in [0.25, 0.3) is 6.08 Å². The van der Waals surface area contributed by atoms with Crippen molar-refractivity contribution in [1.29, 1.82) is 0 Å². The first kappa shape index (κ1) is 12.9. The van der Waals surface area contributed by atoms with Crippen molar-refractivity contribution in [2.45, 2.75) is 44.6 Å². The molecule has 1 aromatic rings. The Bertz CT molecular complexity index is 402. The molecule has 1 saturated carbocycles. The molecule has 96 valence electrons. The first-order valence-electron chi connectivity index (χ1n) is 6.78. The minimum Gasteiger partial charge on any atom is -0.353 e. The summed E-state index contributed by atoms with van der Waals surface area (Å²) in [4.78, 5) is 11.9. The van der Waals surface area contributed by atoms with Crippen molar-refractivity contribution in [2.24, 2.45) is 0 Å². The molecule has 2 rings (SSSR count). The van der Waals surface area contributed by atoms with Crippen LogP contribution in [0.4, 0.5) is 0 Å². The van der Waals surface area contributed by atoms with Crippen LogP contribution in [0.2, 0.25) is 0 Å². The SMILES string of the molecule is C=Cc1ccc(CC(=O)NC2CCCCC2)cc1. The van der Waals surface area contributed by atoms with Crippen LogP contribution >= 0.6 is 0 Å². The zero-order chi connectivity index (χ0) is 12.8. The van der Waals surface area contributed by atoms with Gasteiger partial charge in [0.25, 0.3) is 0 Å². The smallest absolute Gasteiger partial charge is 0.224 e. The zero-order valence-corrected chi connectivity index (χ0v) is 10.8. The van der Waals surface area contributed by atoms with Gasteiger partial charge in [-0.05, 0) is 24.0 Å². The third kappa shape index (κ3) is 3.73. The summed E-state index contributed by atoms with van der Waals surface area (Å²) in [5.41, 5.74) is 2.15. The number of hydrogen-bond acceptors (Lipinski definition) is 1. The molecule has 0 saturated heterocycles. The van der Waals surface area contributed by atoms with Gasteiger partial charge in [-0.2, -0.15) is 0 Å². The summed E-state index contributed by atoms with van der Waals surface area (Å²) in [6, 6.07) is 8.39. The Hall–Kier alpha value is -1.57. The molecule has 1 aliphatic rings. The van der Waals surface area contributed by atoms with E-state index in [1.807, 2.05) is 30.3 Å². The number of hydrogen-bond donors (Lipinski definition) is 1. The second-order valence-electron chi connectivity index (χ2n) is 5.02. The van der Waals surface area contributed by atoms with Crippen molar-refractivity contribution < 1.29 is 4.79 Å². The van der Waals surface area contributed by atoms with Crippen LogP contribution in [-0.4, -0.2) is 11.9 Å². The van der Waals surface area contributed by atoms with Crippen molar-refractivity contribution in [2.75, 3.05) is 0 Å². The van der Waals surface area contributed by atoms with Crippen LogP contribution in [0.1, 0.15) is 43.2 Å². The fourth-order valence-corrected chi connectivity index (χ4v) is 2.48. The van der Waals surface area contributed by atoms with Gasteiger partial charge < -0.3 is 5.32 Å². The molecule has 0 aromatic heterocycles. The molecule has 0 heterocycles. The van der Waals surface area contributed by atoms with Gasteiger partial charge in [0.15, 0.2) is 0 Å². The maximum absolute atomic E-state index is 11.9. The topological polar surface area (TPSA) is 29.1 Å². The van der Waals surface area contributed by atoms with Gasteiger partial charge in [-0.15, -0.1) is 0 Å². The van der Waals surface area contributed by atoms with E-state index in [0.717, 1.165) is 24.0 Å². The normalized spacial score (nSPS) is 16.2. The van der Waals surface area contributed by atoms with E-state index in [0.29, 0.717) is 12.5 Å². The second-order valence-corrected chi connectivity index (χ2v) is 5.02. The van der Waals surface area contributed by atoms with Crippen LogP contribution in [-0.2, 0) is 11.2 Å². The highest BCUT2D eigenvalue weighted by molar-refractivity contribution is 5.78. The van der Waals surface area contributed by atoms with E-state index in [-0.39, 0.29) is 5.91 Å². The largest absolute Gasteiger partial charge is 0.353 e. The van der Waals surface area contributed by atoms with Gasteiger partial charge >= 0.3 is 0 Å². The van der Waals surface area contributed by atoms with Crippen molar-refractivity contribution >= 4 is 12.0 Å². The fraction of sp³-hybridized carbons (Fsp3) is 0.438. The van der Waals surface area contributed by atoms with E-state index in [4.69, 9.17) is 0 Å². The van der Waals surface area contributed by atoms with E-state index >= 15 is 0 Å². The highest BCUT2D eigenvalue weighted by Crippen LogP contribution is 2.17. The van der Waals surface area contributed by atoms with Gasteiger partial charge in [-0.3, -0.25) is 4.79 Å². The summed E-state index contributed by atoms with van der Waals surface area (Å²) in [7, 11) is 0. The first-order chi connectivity index (χ1) is 8.78. The highest BCUT2D eigenvalue weighted by Gasteiger charge is 2.15. The molecule has 0 spiro atoms. The highest BCUT2D eigenvalue weighted by atomic mass is 16.1. The summed E-state index contributed by atoms with van der Waals surface area (Å²) in [5, 5.41) is 3.14. The zero-order valence-electron chi connectivity index (χ0n) is 10.8. The lowest BCUT2D eigenvalue weighted by Crippen LogP contribution is -2.37. The lowest BCUT2D eigenvalue weighted by Gasteiger charge is -2.22. The van der Waals surface area contributed by atoms with Crippen molar-refractivity contribution in [1.82, 2.24) is 5.32 Å². The van der Waals surface area contributed by atoms with Crippen LogP contribution in [0.5, 0.6) is 0 Å². The molecule has 0 bridgehead atoms. The minimum absolute atomic E-state index is 0.147. The molecule has 1 N–H and O–H groups in total. The Balaban J connectivity index is 1.83. The Labute approximate surface area is 109 Å². The summed E-state index contributed by atoms with van der Waals surface area (Å²) >= 11 is 0. The number of carbonyl (C=O) groups is 1. The van der Waals surface area contributed by atoms with E-state index < -0.39 is 0 Å². The van der Waals surface area contributed by atoms with Gasteiger partial charge in [0.2, 0.25) is 5.91 Å². The van der Waals surface area contributed by atoms with Crippen molar-refractivity contribution in [3.8, 4) is 0 Å². The first-order valence-corrected chi connectivity index (χ1v) is 6.78. The van der Waals surface area contributed by atoms with Gasteiger partial charge in [-0.1, -0.05) is 56.2 Å². The van der Waals surface area contributed by atoms with Gasteiger partial charge in [0.1, 0.15) is 0 Å². The van der Waals surface area contributed by atoms with Crippen LogP contribution in [0.15, 0.2) is 30.8 Å². The number of nitrogens with one attached hydrogen (secondary N) is 1. The Morgan fingerprint density at radius 2 is 1.89 bits per heavy atom. The Kier molecular flexibility index (Phi) is 4.57. The molecular weight excluding hydrogens is 222 g/mol. The molecule has 1 fully saturated rings. The van der Waals surface area contributed by atoms with Crippen LogP contribution in [0.3, 0.4) is 0 Å². The van der Waals surface area contributed by atoms with E-state index in [1.165, 1.54) is 19.3 Å². The lowest BCUT2D eigenvalue weighted by atomic mass is 9.95. The van der Waals surface area contributed by atoms with Crippen molar-refractivity contribution in [3.63, 3.8) is 0 Å². The quantitative estimate of drug-likeness (QED) is 0.863. The maximum atomic E-state index is 11.9. The van der Waals surface area contributed by atoms with Crippen LogP contribution < -0.4 is 5.32 Å². The van der Waals surface area contributed by atoms with E-state index in [1.54, 1.807) is 0 Å².